The van der Waals surface area contributed by atoms with E-state index in [1.54, 1.807) is 28.8 Å². The van der Waals surface area contributed by atoms with Crippen LogP contribution in [0.2, 0.25) is 0 Å². The Kier molecular flexibility index (Phi) is 6.31. The minimum Gasteiger partial charge on any atom is -0.508 e. The summed E-state index contributed by atoms with van der Waals surface area (Å²) in [6.07, 6.45) is 1.31. The highest BCUT2D eigenvalue weighted by Crippen LogP contribution is 2.35. The summed E-state index contributed by atoms with van der Waals surface area (Å²) in [5.41, 5.74) is 7.99. The van der Waals surface area contributed by atoms with E-state index < -0.39 is 5.91 Å². The molecule has 0 spiro atoms. The second-order valence-electron chi connectivity index (χ2n) is 6.76. The molecule has 2 amide bonds. The first kappa shape index (κ1) is 21.3. The van der Waals surface area contributed by atoms with Crippen molar-refractivity contribution in [3.05, 3.63) is 64.8 Å². The number of nitrogens with two attached hydrogens (primary N) is 1. The Balaban J connectivity index is 1.71. The Morgan fingerprint density at radius 3 is 2.40 bits per heavy atom. The van der Waals surface area contributed by atoms with Crippen LogP contribution in [-0.2, 0) is 11.3 Å². The van der Waals surface area contributed by atoms with Crippen molar-refractivity contribution in [2.75, 3.05) is 11.1 Å². The van der Waals surface area contributed by atoms with Crippen molar-refractivity contribution in [1.82, 2.24) is 9.55 Å². The number of aromatic nitrogens is 2. The first-order valence-electron chi connectivity index (χ1n) is 9.11. The van der Waals surface area contributed by atoms with E-state index in [2.05, 4.69) is 10.3 Å². The summed E-state index contributed by atoms with van der Waals surface area (Å²) in [6.45, 7) is 4.12. The summed E-state index contributed by atoms with van der Waals surface area (Å²) in [7, 11) is 0. The van der Waals surface area contributed by atoms with E-state index in [1.165, 1.54) is 30.1 Å². The molecule has 1 aromatic carbocycles. The molecule has 0 aliphatic rings. The van der Waals surface area contributed by atoms with Crippen LogP contribution in [0.5, 0.6) is 11.6 Å². The number of nitrogens with zero attached hydrogens (tertiary/aromatic N) is 2. The van der Waals surface area contributed by atoms with Gasteiger partial charge in [0.1, 0.15) is 11.6 Å². The Bertz CT molecular complexity index is 1080. The number of phenolic OH excluding ortho intramolecular Hbond substituents is 1. The topological polar surface area (TPSA) is 130 Å². The van der Waals surface area contributed by atoms with Gasteiger partial charge in [-0.1, -0.05) is 23.9 Å². The van der Waals surface area contributed by atoms with Crippen LogP contribution in [0.25, 0.3) is 0 Å². The van der Waals surface area contributed by atoms with E-state index >= 15 is 0 Å². The Labute approximate surface area is 177 Å². The van der Waals surface area contributed by atoms with Crippen LogP contribution in [0, 0.1) is 13.8 Å². The number of carbonyl (C=O) groups is 2. The average Bonchev–Trinajstić information content (AvgIpc) is 2.92. The lowest BCUT2D eigenvalue weighted by atomic mass is 10.2. The molecule has 3 aromatic rings. The Morgan fingerprint density at radius 1 is 1.10 bits per heavy atom. The number of benzene rings is 1. The minimum atomic E-state index is -0.587. The molecule has 2 aromatic heterocycles. The molecule has 156 valence electrons. The number of anilines is 1. The zero-order valence-electron chi connectivity index (χ0n) is 16.5. The van der Waals surface area contributed by atoms with E-state index in [4.69, 9.17) is 5.73 Å². The minimum absolute atomic E-state index is 0.110. The van der Waals surface area contributed by atoms with Crippen LogP contribution in [0.15, 0.2) is 47.6 Å². The predicted octanol–water partition coefficient (Wildman–Crippen LogP) is 2.79. The third kappa shape index (κ3) is 4.74. The molecule has 0 fully saturated rings. The van der Waals surface area contributed by atoms with E-state index in [1.807, 2.05) is 13.8 Å². The van der Waals surface area contributed by atoms with Crippen molar-refractivity contribution in [1.29, 1.82) is 0 Å². The first-order valence-corrected chi connectivity index (χ1v) is 10.1. The van der Waals surface area contributed by atoms with Gasteiger partial charge >= 0.3 is 0 Å². The second kappa shape index (κ2) is 8.91. The normalized spacial score (nSPS) is 10.7. The zero-order chi connectivity index (χ0) is 21.8. The van der Waals surface area contributed by atoms with Crippen molar-refractivity contribution >= 4 is 29.4 Å². The molecular formula is C21H22N4O4S. The lowest BCUT2D eigenvalue weighted by Crippen LogP contribution is -2.16. The van der Waals surface area contributed by atoms with Crippen LogP contribution >= 0.6 is 11.8 Å². The highest BCUT2D eigenvalue weighted by molar-refractivity contribution is 8.00. The lowest BCUT2D eigenvalue weighted by Gasteiger charge is -2.11. The summed E-state index contributed by atoms with van der Waals surface area (Å²) in [6, 6.07) is 9.74. The fraction of sp³-hybridized carbons (Fsp3) is 0.190. The van der Waals surface area contributed by atoms with Crippen LogP contribution < -0.4 is 11.1 Å². The fourth-order valence-corrected chi connectivity index (χ4v) is 3.89. The van der Waals surface area contributed by atoms with Crippen molar-refractivity contribution in [3.63, 3.8) is 0 Å². The van der Waals surface area contributed by atoms with Crippen LogP contribution in [-0.4, -0.2) is 37.3 Å². The maximum atomic E-state index is 12.4. The maximum absolute atomic E-state index is 12.4. The number of phenols is 1. The van der Waals surface area contributed by atoms with E-state index in [0.29, 0.717) is 12.4 Å². The van der Waals surface area contributed by atoms with Gasteiger partial charge in [0.2, 0.25) is 11.8 Å². The van der Waals surface area contributed by atoms with E-state index in [0.717, 1.165) is 21.7 Å². The summed E-state index contributed by atoms with van der Waals surface area (Å²) in [4.78, 5) is 27.4. The molecule has 0 aliphatic heterocycles. The van der Waals surface area contributed by atoms with Gasteiger partial charge in [-0.3, -0.25) is 9.59 Å². The molecule has 0 atom stereocenters. The number of rotatable bonds is 7. The summed E-state index contributed by atoms with van der Waals surface area (Å²) < 4.78 is 1.74. The molecule has 9 heteroatoms. The van der Waals surface area contributed by atoms with E-state index in [9.17, 15) is 19.8 Å². The number of carbonyl (C=O) groups excluding carboxylic acids is 2. The lowest BCUT2D eigenvalue weighted by molar-refractivity contribution is -0.113. The van der Waals surface area contributed by atoms with Gasteiger partial charge in [-0.25, -0.2) is 4.98 Å². The smallest absolute Gasteiger partial charge is 0.250 e. The molecule has 0 saturated heterocycles. The fourth-order valence-electron chi connectivity index (χ4n) is 2.87. The summed E-state index contributed by atoms with van der Waals surface area (Å²) >= 11 is 1.31. The highest BCUT2D eigenvalue weighted by Gasteiger charge is 2.19. The number of hydrogen-bond acceptors (Lipinski definition) is 6. The maximum Gasteiger partial charge on any atom is 0.250 e. The number of nitrogens with one attached hydrogen (secondary N) is 1. The van der Waals surface area contributed by atoms with Crippen LogP contribution in [0.3, 0.4) is 0 Å². The zero-order valence-corrected chi connectivity index (χ0v) is 17.4. The Morgan fingerprint density at radius 2 is 1.80 bits per heavy atom. The number of pyridine rings is 1. The molecule has 2 heterocycles. The Hall–Kier alpha value is -3.46. The van der Waals surface area contributed by atoms with Gasteiger partial charge in [0.15, 0.2) is 5.88 Å². The average molecular weight is 426 g/mol. The first-order chi connectivity index (χ1) is 14.3. The largest absolute Gasteiger partial charge is 0.508 e. The van der Waals surface area contributed by atoms with Crippen LogP contribution in [0.1, 0.15) is 27.0 Å². The van der Waals surface area contributed by atoms with Gasteiger partial charge in [0.05, 0.1) is 22.9 Å². The summed E-state index contributed by atoms with van der Waals surface area (Å²) in [5.74, 6) is -0.109. The number of thioether (sulfide) groups is 1. The molecule has 8 nitrogen and oxygen atoms in total. The van der Waals surface area contributed by atoms with Gasteiger partial charge in [0, 0.05) is 11.8 Å². The highest BCUT2D eigenvalue weighted by atomic mass is 32.2. The van der Waals surface area contributed by atoms with Gasteiger partial charge in [0.25, 0.3) is 0 Å². The molecular weight excluding hydrogens is 404 g/mol. The van der Waals surface area contributed by atoms with Gasteiger partial charge in [-0.15, -0.1) is 0 Å². The quantitative estimate of drug-likeness (QED) is 0.430. The molecule has 30 heavy (non-hydrogen) atoms. The van der Waals surface area contributed by atoms with Gasteiger partial charge in [-0.2, -0.15) is 0 Å². The standard InChI is InChI=1S/C21H22N4O4S/c1-12-13(2)21(25(20(12)29)10-14-3-6-16(26)7-4-14)30-11-18(27)24-17-8-5-15(9-23-17)19(22)28/h3-9,26,29H,10-11H2,1-2H3,(H2,22,28)(H,23,24,27). The van der Waals surface area contributed by atoms with E-state index in [-0.39, 0.29) is 28.9 Å². The molecule has 0 radical (unpaired) electrons. The molecule has 3 rings (SSSR count). The van der Waals surface area contributed by atoms with Crippen molar-refractivity contribution in [2.24, 2.45) is 5.73 Å². The predicted molar refractivity (Wildman–Crippen MR) is 115 cm³/mol. The van der Waals surface area contributed by atoms with Crippen LogP contribution in [0.4, 0.5) is 5.82 Å². The molecule has 0 bridgehead atoms. The number of aromatic hydroxyl groups is 2. The molecule has 5 N–H and O–H groups in total. The third-order valence-corrected chi connectivity index (χ3v) is 5.86. The van der Waals surface area contributed by atoms with Crippen molar-refractivity contribution < 1.29 is 19.8 Å². The number of primary amides is 1. The molecule has 0 saturated carbocycles. The molecule has 0 unspecified atom stereocenters. The van der Waals surface area contributed by atoms with Crippen molar-refractivity contribution in [3.8, 4) is 11.6 Å². The number of amides is 2. The monoisotopic (exact) mass is 426 g/mol. The summed E-state index contributed by atoms with van der Waals surface area (Å²) in [5, 5.41) is 23.4. The number of hydrogen-bond donors (Lipinski definition) is 4. The second-order valence-corrected chi connectivity index (χ2v) is 7.73. The van der Waals surface area contributed by atoms with Gasteiger partial charge < -0.3 is 25.8 Å². The SMILES string of the molecule is Cc1c(C)c(SCC(=O)Nc2ccc(C(N)=O)cn2)n(Cc2ccc(O)cc2)c1O. The van der Waals surface area contributed by atoms with Gasteiger partial charge in [-0.05, 0) is 49.2 Å². The molecule has 0 aliphatic carbocycles. The third-order valence-electron chi connectivity index (χ3n) is 4.65. The van der Waals surface area contributed by atoms with Crippen molar-refractivity contribution in [2.45, 2.75) is 25.4 Å².